The highest BCUT2D eigenvalue weighted by atomic mass is 19.1. The number of hydrogen-bond acceptors (Lipinski definition) is 4. The number of hydrogen-bond donors (Lipinski definition) is 1. The summed E-state index contributed by atoms with van der Waals surface area (Å²) in [6, 6.07) is 0.790. The summed E-state index contributed by atoms with van der Waals surface area (Å²) in [5.74, 6) is 0.268. The van der Waals surface area contributed by atoms with Crippen molar-refractivity contribution in [3.63, 3.8) is 0 Å². The van der Waals surface area contributed by atoms with Gasteiger partial charge < -0.3 is 19.9 Å². The molecule has 1 aromatic carbocycles. The maximum atomic E-state index is 13.7. The molecular weight excluding hydrogens is 213 g/mol. The zero-order valence-electron chi connectivity index (χ0n) is 9.83. The molecule has 0 aliphatic rings. The minimum atomic E-state index is -0.521. The van der Waals surface area contributed by atoms with Crippen molar-refractivity contribution < 1.29 is 18.6 Å². The van der Waals surface area contributed by atoms with Gasteiger partial charge in [0.15, 0.2) is 23.1 Å². The fourth-order valence-electron chi connectivity index (χ4n) is 1.59. The van der Waals surface area contributed by atoms with Gasteiger partial charge in [-0.3, -0.25) is 0 Å². The molecule has 0 saturated heterocycles. The smallest absolute Gasteiger partial charge is 0.169 e. The summed E-state index contributed by atoms with van der Waals surface area (Å²) in [5, 5.41) is 0. The summed E-state index contributed by atoms with van der Waals surface area (Å²) in [6.07, 6.45) is 0. The summed E-state index contributed by atoms with van der Waals surface area (Å²) < 4.78 is 28.9. The molecule has 0 spiro atoms. The molecule has 0 saturated carbocycles. The van der Waals surface area contributed by atoms with Crippen molar-refractivity contribution in [1.29, 1.82) is 0 Å². The average molecular weight is 229 g/mol. The van der Waals surface area contributed by atoms with Crippen molar-refractivity contribution in [2.75, 3.05) is 21.3 Å². The fraction of sp³-hybridized carbons (Fsp3) is 0.455. The normalized spacial score (nSPS) is 12.1. The zero-order chi connectivity index (χ0) is 12.3. The summed E-state index contributed by atoms with van der Waals surface area (Å²) in [7, 11) is 4.30. The molecule has 1 unspecified atom stereocenters. The molecule has 0 heterocycles. The molecule has 0 fully saturated rings. The van der Waals surface area contributed by atoms with Crippen molar-refractivity contribution in [3.05, 3.63) is 17.4 Å². The number of benzene rings is 1. The van der Waals surface area contributed by atoms with E-state index in [0.717, 1.165) is 0 Å². The van der Waals surface area contributed by atoms with Crippen LogP contribution < -0.4 is 19.9 Å². The lowest BCUT2D eigenvalue weighted by atomic mass is 10.1. The second-order valence-electron chi connectivity index (χ2n) is 3.33. The zero-order valence-corrected chi connectivity index (χ0v) is 9.83. The van der Waals surface area contributed by atoms with E-state index in [1.165, 1.54) is 27.4 Å². The molecule has 5 heteroatoms. The van der Waals surface area contributed by atoms with Gasteiger partial charge in [0.1, 0.15) is 0 Å². The molecule has 1 rings (SSSR count). The third kappa shape index (κ3) is 2.04. The Labute approximate surface area is 94.1 Å². The molecule has 0 aromatic heterocycles. The van der Waals surface area contributed by atoms with Gasteiger partial charge in [-0.15, -0.1) is 0 Å². The van der Waals surface area contributed by atoms with Crippen LogP contribution in [0.5, 0.6) is 17.2 Å². The number of rotatable bonds is 4. The van der Waals surface area contributed by atoms with Gasteiger partial charge in [-0.25, -0.2) is 4.39 Å². The van der Waals surface area contributed by atoms with E-state index in [-0.39, 0.29) is 5.75 Å². The molecule has 0 aliphatic heterocycles. The second kappa shape index (κ2) is 5.03. The SMILES string of the molecule is COc1cc(F)c(OC)c(C(C)N)c1OC. The van der Waals surface area contributed by atoms with Gasteiger partial charge in [0, 0.05) is 12.1 Å². The monoisotopic (exact) mass is 229 g/mol. The maximum Gasteiger partial charge on any atom is 0.169 e. The summed E-state index contributed by atoms with van der Waals surface area (Å²) in [6.45, 7) is 1.72. The van der Waals surface area contributed by atoms with E-state index in [9.17, 15) is 4.39 Å². The topological polar surface area (TPSA) is 53.7 Å². The van der Waals surface area contributed by atoms with Crippen LogP contribution in [0.1, 0.15) is 18.5 Å². The summed E-state index contributed by atoms with van der Waals surface area (Å²) in [5.41, 5.74) is 6.24. The fourth-order valence-corrected chi connectivity index (χ4v) is 1.59. The highest BCUT2D eigenvalue weighted by molar-refractivity contribution is 5.56. The first-order chi connectivity index (χ1) is 7.56. The van der Waals surface area contributed by atoms with Crippen LogP contribution in [0.25, 0.3) is 0 Å². The van der Waals surface area contributed by atoms with Gasteiger partial charge in [-0.1, -0.05) is 0 Å². The van der Waals surface area contributed by atoms with Crippen LogP contribution in [0.4, 0.5) is 4.39 Å². The van der Waals surface area contributed by atoms with Gasteiger partial charge in [0.05, 0.1) is 26.9 Å². The van der Waals surface area contributed by atoms with Crippen LogP contribution in [0, 0.1) is 5.82 Å². The highest BCUT2D eigenvalue weighted by Gasteiger charge is 2.22. The third-order valence-corrected chi connectivity index (χ3v) is 2.27. The minimum absolute atomic E-state index is 0.0904. The first kappa shape index (κ1) is 12.6. The largest absolute Gasteiger partial charge is 0.493 e. The molecule has 0 bridgehead atoms. The van der Waals surface area contributed by atoms with E-state index in [1.54, 1.807) is 6.92 Å². The van der Waals surface area contributed by atoms with E-state index in [0.29, 0.717) is 17.1 Å². The van der Waals surface area contributed by atoms with E-state index < -0.39 is 11.9 Å². The Bertz CT molecular complexity index is 380. The van der Waals surface area contributed by atoms with Crippen LogP contribution in [0.3, 0.4) is 0 Å². The maximum absolute atomic E-state index is 13.7. The van der Waals surface area contributed by atoms with Crippen LogP contribution in [-0.2, 0) is 0 Å². The first-order valence-electron chi connectivity index (χ1n) is 4.80. The van der Waals surface area contributed by atoms with E-state index in [1.807, 2.05) is 0 Å². The average Bonchev–Trinajstić information content (AvgIpc) is 2.27. The van der Waals surface area contributed by atoms with Crippen LogP contribution in [0.15, 0.2) is 6.07 Å². The van der Waals surface area contributed by atoms with Gasteiger partial charge in [-0.05, 0) is 6.92 Å². The molecule has 0 radical (unpaired) electrons. The molecule has 90 valence electrons. The Morgan fingerprint density at radius 3 is 2.06 bits per heavy atom. The molecule has 4 nitrogen and oxygen atoms in total. The van der Waals surface area contributed by atoms with Gasteiger partial charge in [-0.2, -0.15) is 0 Å². The van der Waals surface area contributed by atoms with Gasteiger partial charge >= 0.3 is 0 Å². The third-order valence-electron chi connectivity index (χ3n) is 2.27. The Hall–Kier alpha value is -1.49. The van der Waals surface area contributed by atoms with Crippen molar-refractivity contribution in [3.8, 4) is 17.2 Å². The van der Waals surface area contributed by atoms with E-state index in [2.05, 4.69) is 0 Å². The lowest BCUT2D eigenvalue weighted by molar-refractivity contribution is 0.330. The van der Waals surface area contributed by atoms with Crippen molar-refractivity contribution in [2.45, 2.75) is 13.0 Å². The van der Waals surface area contributed by atoms with Crippen LogP contribution >= 0.6 is 0 Å². The lowest BCUT2D eigenvalue weighted by Crippen LogP contribution is -2.11. The Morgan fingerprint density at radius 2 is 1.69 bits per heavy atom. The molecule has 1 atom stereocenters. The number of ether oxygens (including phenoxy) is 3. The lowest BCUT2D eigenvalue weighted by Gasteiger charge is -2.18. The van der Waals surface area contributed by atoms with Crippen LogP contribution in [-0.4, -0.2) is 21.3 Å². The van der Waals surface area contributed by atoms with Gasteiger partial charge in [0.25, 0.3) is 0 Å². The molecule has 2 N–H and O–H groups in total. The molecule has 1 aromatic rings. The highest BCUT2D eigenvalue weighted by Crippen LogP contribution is 2.42. The molecule has 0 aliphatic carbocycles. The standard InChI is InChI=1S/C11H16FNO3/c1-6(13)9-10(15-3)7(12)5-8(14-2)11(9)16-4/h5-6H,13H2,1-4H3. The summed E-state index contributed by atoms with van der Waals surface area (Å²) >= 11 is 0. The van der Waals surface area contributed by atoms with E-state index in [4.69, 9.17) is 19.9 Å². The quantitative estimate of drug-likeness (QED) is 0.856. The van der Waals surface area contributed by atoms with Crippen molar-refractivity contribution in [1.82, 2.24) is 0 Å². The predicted octanol–water partition coefficient (Wildman–Crippen LogP) is 1.87. The Kier molecular flexibility index (Phi) is 3.95. The Balaban J connectivity index is 3.53. The molecule has 0 amide bonds. The van der Waals surface area contributed by atoms with Gasteiger partial charge in [0.2, 0.25) is 0 Å². The predicted molar refractivity (Wildman–Crippen MR) is 58.7 cm³/mol. The van der Waals surface area contributed by atoms with Crippen molar-refractivity contribution >= 4 is 0 Å². The molecule has 16 heavy (non-hydrogen) atoms. The molecular formula is C11H16FNO3. The van der Waals surface area contributed by atoms with Crippen LogP contribution in [0.2, 0.25) is 0 Å². The summed E-state index contributed by atoms with van der Waals surface area (Å²) in [4.78, 5) is 0. The van der Waals surface area contributed by atoms with Crippen molar-refractivity contribution in [2.24, 2.45) is 5.73 Å². The number of nitrogens with two attached hydrogens (primary N) is 1. The van der Waals surface area contributed by atoms with E-state index >= 15 is 0 Å². The minimum Gasteiger partial charge on any atom is -0.493 e. The number of halogens is 1. The second-order valence-corrected chi connectivity index (χ2v) is 3.33. The first-order valence-corrected chi connectivity index (χ1v) is 4.80. The number of methoxy groups -OCH3 is 3. The Morgan fingerprint density at radius 1 is 1.12 bits per heavy atom.